The molecule has 2 rings (SSSR count). The van der Waals surface area contributed by atoms with Crippen LogP contribution in [-0.4, -0.2) is 23.4 Å². The quantitative estimate of drug-likeness (QED) is 0.835. The van der Waals surface area contributed by atoms with Gasteiger partial charge in [-0.25, -0.2) is 0 Å². The summed E-state index contributed by atoms with van der Waals surface area (Å²) in [6.45, 7) is 5.52. The van der Waals surface area contributed by atoms with E-state index in [1.807, 2.05) is 6.07 Å². The number of thiophene rings is 1. The summed E-state index contributed by atoms with van der Waals surface area (Å²) in [6, 6.07) is 4.60. The lowest BCUT2D eigenvalue weighted by Gasteiger charge is -2.27. The largest absolute Gasteiger partial charge is 0.334 e. The van der Waals surface area contributed by atoms with Gasteiger partial charge in [0.15, 0.2) is 0 Å². The summed E-state index contributed by atoms with van der Waals surface area (Å²) in [5, 5.41) is 2.07. The Morgan fingerprint density at radius 3 is 2.74 bits per heavy atom. The second-order valence-electron chi connectivity index (χ2n) is 5.84. The third-order valence-corrected chi connectivity index (χ3v) is 4.43. The molecule has 19 heavy (non-hydrogen) atoms. The van der Waals surface area contributed by atoms with Gasteiger partial charge in [0.2, 0.25) is 5.91 Å². The van der Waals surface area contributed by atoms with Crippen LogP contribution in [0.4, 0.5) is 0 Å². The van der Waals surface area contributed by atoms with Gasteiger partial charge in [-0.05, 0) is 36.6 Å². The predicted octanol–water partition coefficient (Wildman–Crippen LogP) is 2.86. The van der Waals surface area contributed by atoms with E-state index < -0.39 is 0 Å². The van der Waals surface area contributed by atoms with Crippen molar-refractivity contribution in [3.63, 3.8) is 0 Å². The van der Waals surface area contributed by atoms with Crippen LogP contribution in [0, 0.1) is 11.8 Å². The number of nitrogens with zero attached hydrogens (tertiary/aromatic N) is 1. The topological polar surface area (TPSA) is 46.3 Å². The van der Waals surface area contributed by atoms with Crippen LogP contribution in [0.25, 0.3) is 0 Å². The van der Waals surface area contributed by atoms with Crippen LogP contribution in [-0.2, 0) is 11.3 Å². The minimum absolute atomic E-state index is 0.0134. The molecule has 1 saturated carbocycles. The van der Waals surface area contributed by atoms with E-state index in [1.54, 1.807) is 11.3 Å². The number of hydrogen-bond acceptors (Lipinski definition) is 3. The molecule has 4 heteroatoms. The molecule has 1 fully saturated rings. The molecule has 0 saturated heterocycles. The summed E-state index contributed by atoms with van der Waals surface area (Å²) in [6.07, 6.45) is 3.19. The highest BCUT2D eigenvalue weighted by atomic mass is 32.1. The van der Waals surface area contributed by atoms with Gasteiger partial charge in [0.25, 0.3) is 0 Å². The summed E-state index contributed by atoms with van der Waals surface area (Å²) >= 11 is 1.72. The van der Waals surface area contributed by atoms with Gasteiger partial charge in [-0.15, -0.1) is 11.3 Å². The average molecular weight is 280 g/mol. The molecule has 2 N–H and O–H groups in total. The Labute approximate surface area is 119 Å². The molecule has 1 aromatic heterocycles. The maximum Gasteiger partial charge on any atom is 0.227 e. The zero-order valence-electron chi connectivity index (χ0n) is 11.8. The van der Waals surface area contributed by atoms with E-state index in [0.717, 1.165) is 25.8 Å². The first-order valence-corrected chi connectivity index (χ1v) is 8.02. The number of hydrogen-bond donors (Lipinski definition) is 1. The molecule has 0 bridgehead atoms. The summed E-state index contributed by atoms with van der Waals surface area (Å²) in [4.78, 5) is 16.0. The molecule has 1 amide bonds. The predicted molar refractivity (Wildman–Crippen MR) is 79.9 cm³/mol. The highest BCUT2D eigenvalue weighted by Crippen LogP contribution is 2.31. The molecule has 0 aliphatic heterocycles. The highest BCUT2D eigenvalue weighted by molar-refractivity contribution is 7.09. The summed E-state index contributed by atoms with van der Waals surface area (Å²) < 4.78 is 0. The monoisotopic (exact) mass is 280 g/mol. The fourth-order valence-electron chi connectivity index (χ4n) is 2.45. The van der Waals surface area contributed by atoms with Crippen LogP contribution in [0.15, 0.2) is 17.5 Å². The van der Waals surface area contributed by atoms with E-state index in [9.17, 15) is 4.79 Å². The summed E-state index contributed by atoms with van der Waals surface area (Å²) in [7, 11) is 0. The molecule has 0 radical (unpaired) electrons. The van der Waals surface area contributed by atoms with Crippen LogP contribution in [0.2, 0.25) is 0 Å². The van der Waals surface area contributed by atoms with Crippen molar-refractivity contribution < 1.29 is 4.79 Å². The van der Waals surface area contributed by atoms with Gasteiger partial charge in [0.05, 0.1) is 12.5 Å². The molecule has 3 nitrogen and oxygen atoms in total. The fraction of sp³-hybridized carbons (Fsp3) is 0.667. The second kappa shape index (κ2) is 6.53. The van der Waals surface area contributed by atoms with E-state index in [2.05, 4.69) is 30.2 Å². The lowest BCUT2D eigenvalue weighted by molar-refractivity contribution is -0.137. The minimum atomic E-state index is -0.0134. The van der Waals surface area contributed by atoms with E-state index in [0.29, 0.717) is 18.5 Å². The Bertz CT molecular complexity index is 398. The highest BCUT2D eigenvalue weighted by Gasteiger charge is 2.35. The Kier molecular flexibility index (Phi) is 4.99. The molecule has 1 aromatic rings. The number of carbonyl (C=O) groups excluding carboxylic acids is 1. The third-order valence-electron chi connectivity index (χ3n) is 3.57. The Morgan fingerprint density at radius 2 is 2.26 bits per heavy atom. The van der Waals surface area contributed by atoms with E-state index in [1.165, 1.54) is 4.88 Å². The van der Waals surface area contributed by atoms with Gasteiger partial charge >= 0.3 is 0 Å². The normalized spacial score (nSPS) is 16.6. The summed E-state index contributed by atoms with van der Waals surface area (Å²) in [5.41, 5.74) is 5.81. The Balaban J connectivity index is 2.03. The first-order valence-electron chi connectivity index (χ1n) is 7.14. The van der Waals surface area contributed by atoms with Gasteiger partial charge < -0.3 is 10.6 Å². The van der Waals surface area contributed by atoms with Crippen molar-refractivity contribution in [2.45, 2.75) is 45.7 Å². The van der Waals surface area contributed by atoms with Crippen molar-refractivity contribution in [2.24, 2.45) is 17.6 Å². The van der Waals surface area contributed by atoms with Crippen LogP contribution in [0.1, 0.15) is 38.0 Å². The van der Waals surface area contributed by atoms with Gasteiger partial charge in [-0.2, -0.15) is 0 Å². The lowest BCUT2D eigenvalue weighted by atomic mass is 9.95. The standard InChI is InChI=1S/C15H24N2OS/c1-11(2)8-12(9-16)15(18)17(13-5-6-13)10-14-4-3-7-19-14/h3-4,7,11-13H,5-6,8-10,16H2,1-2H3. The molecule has 0 spiro atoms. The van der Waals surface area contributed by atoms with Crippen LogP contribution < -0.4 is 5.73 Å². The fourth-order valence-corrected chi connectivity index (χ4v) is 3.15. The van der Waals surface area contributed by atoms with Crippen molar-refractivity contribution in [3.8, 4) is 0 Å². The maximum absolute atomic E-state index is 12.7. The SMILES string of the molecule is CC(C)CC(CN)C(=O)N(Cc1cccs1)C1CC1. The van der Waals surface area contributed by atoms with Crippen molar-refractivity contribution in [1.82, 2.24) is 4.90 Å². The molecular formula is C15H24N2OS. The number of rotatable bonds is 7. The van der Waals surface area contributed by atoms with Crippen molar-refractivity contribution >= 4 is 17.2 Å². The molecule has 1 unspecified atom stereocenters. The van der Waals surface area contributed by atoms with E-state index in [4.69, 9.17) is 5.73 Å². The maximum atomic E-state index is 12.7. The van der Waals surface area contributed by atoms with Gasteiger partial charge in [0, 0.05) is 17.5 Å². The Hall–Kier alpha value is -0.870. The zero-order valence-corrected chi connectivity index (χ0v) is 12.7. The van der Waals surface area contributed by atoms with Crippen molar-refractivity contribution in [3.05, 3.63) is 22.4 Å². The zero-order chi connectivity index (χ0) is 13.8. The molecular weight excluding hydrogens is 256 g/mol. The minimum Gasteiger partial charge on any atom is -0.334 e. The molecule has 1 aliphatic rings. The van der Waals surface area contributed by atoms with E-state index in [-0.39, 0.29) is 11.8 Å². The van der Waals surface area contributed by atoms with Crippen LogP contribution >= 0.6 is 11.3 Å². The molecule has 106 valence electrons. The molecule has 1 heterocycles. The van der Waals surface area contributed by atoms with E-state index >= 15 is 0 Å². The number of amides is 1. The van der Waals surface area contributed by atoms with Crippen molar-refractivity contribution in [2.75, 3.05) is 6.54 Å². The third kappa shape index (κ3) is 4.05. The second-order valence-corrected chi connectivity index (χ2v) is 6.87. The first-order chi connectivity index (χ1) is 9.11. The molecule has 1 atom stereocenters. The lowest BCUT2D eigenvalue weighted by Crippen LogP contribution is -2.40. The molecule has 0 aromatic carbocycles. The van der Waals surface area contributed by atoms with Crippen LogP contribution in [0.5, 0.6) is 0 Å². The summed E-state index contributed by atoms with van der Waals surface area (Å²) in [5.74, 6) is 0.757. The average Bonchev–Trinajstić information content (AvgIpc) is 3.09. The van der Waals surface area contributed by atoms with Gasteiger partial charge in [-0.3, -0.25) is 4.79 Å². The van der Waals surface area contributed by atoms with Crippen LogP contribution in [0.3, 0.4) is 0 Å². The number of nitrogens with two attached hydrogens (primary N) is 1. The van der Waals surface area contributed by atoms with Gasteiger partial charge in [-0.1, -0.05) is 19.9 Å². The Morgan fingerprint density at radius 1 is 1.53 bits per heavy atom. The molecule has 1 aliphatic carbocycles. The smallest absolute Gasteiger partial charge is 0.227 e. The number of carbonyl (C=O) groups is 1. The first kappa shape index (κ1) is 14.5. The van der Waals surface area contributed by atoms with Gasteiger partial charge in [0.1, 0.15) is 0 Å². The van der Waals surface area contributed by atoms with Crippen molar-refractivity contribution in [1.29, 1.82) is 0 Å².